The number of rotatable bonds is 0. The van der Waals surface area contributed by atoms with Gasteiger partial charge in [-0.3, -0.25) is 0 Å². The van der Waals surface area contributed by atoms with Crippen LogP contribution < -0.4 is 0 Å². The summed E-state index contributed by atoms with van der Waals surface area (Å²) in [5, 5.41) is 9.24. The number of fused-ring (bicyclic) bond motifs is 1. The van der Waals surface area contributed by atoms with Gasteiger partial charge in [0, 0.05) is 5.69 Å². The second-order valence-corrected chi connectivity index (χ2v) is 4.65. The van der Waals surface area contributed by atoms with Crippen LogP contribution in [0.1, 0.15) is 55.3 Å². The number of hydrogen-bond donors (Lipinski definition) is 0. The van der Waals surface area contributed by atoms with E-state index in [2.05, 4.69) is 24.9 Å². The van der Waals surface area contributed by atoms with Gasteiger partial charge in [0.2, 0.25) is 0 Å². The van der Waals surface area contributed by atoms with Crippen LogP contribution in [0.5, 0.6) is 0 Å². The molecule has 0 bridgehead atoms. The lowest BCUT2D eigenvalue weighted by atomic mass is 9.81. The minimum Gasteiger partial charge on any atom is -0.239 e. The van der Waals surface area contributed by atoms with Crippen molar-refractivity contribution in [2.45, 2.75) is 38.5 Å². The van der Waals surface area contributed by atoms with Crippen LogP contribution in [-0.4, -0.2) is 4.98 Å². The maximum Gasteiger partial charge on any atom is 0.147 e. The second kappa shape index (κ2) is 3.83. The molecule has 1 aliphatic carbocycles. The Bertz CT molecular complexity index is 434. The topological polar surface area (TPSA) is 36.7 Å². The minimum atomic E-state index is 0.345. The summed E-state index contributed by atoms with van der Waals surface area (Å²) < 4.78 is 0. The van der Waals surface area contributed by atoms with E-state index < -0.39 is 0 Å². The van der Waals surface area contributed by atoms with Gasteiger partial charge in [-0.15, -0.1) is 0 Å². The molecule has 0 saturated carbocycles. The van der Waals surface area contributed by atoms with Gasteiger partial charge in [-0.2, -0.15) is 5.26 Å². The number of halogens is 1. The van der Waals surface area contributed by atoms with Gasteiger partial charge in [-0.25, -0.2) is 4.98 Å². The number of hydrogen-bond acceptors (Lipinski definition) is 2. The predicted octanol–water partition coefficient (Wildman–Crippen LogP) is 3.61. The fourth-order valence-corrected chi connectivity index (χ4v) is 2.37. The number of pyridine rings is 1. The lowest BCUT2D eigenvalue weighted by Gasteiger charge is -2.26. The van der Waals surface area contributed by atoms with Crippen LogP contribution in [0.4, 0.5) is 0 Å². The molecule has 2 rings (SSSR count). The molecule has 0 radical (unpaired) electrons. The molecule has 0 fully saturated rings. The van der Waals surface area contributed by atoms with E-state index in [4.69, 9.17) is 16.9 Å². The second-order valence-electron chi connectivity index (χ2n) is 4.29. The molecule has 1 aromatic heterocycles. The van der Waals surface area contributed by atoms with E-state index in [0.29, 0.717) is 22.6 Å². The predicted molar refractivity (Wildman–Crippen MR) is 60.0 cm³/mol. The molecule has 2 nitrogen and oxygen atoms in total. The van der Waals surface area contributed by atoms with Crippen LogP contribution in [-0.2, 0) is 0 Å². The maximum atomic E-state index is 8.90. The van der Waals surface area contributed by atoms with E-state index in [0.717, 1.165) is 12.1 Å². The molecule has 1 aromatic rings. The molecule has 2 atom stereocenters. The standard InChI is InChI=1S/C12H13ClN2/c1-7-3-4-8(2)11-10(7)5-9(6-14)12(13)15-11/h5,7-8H,3-4H2,1-2H3. The summed E-state index contributed by atoms with van der Waals surface area (Å²) in [6, 6.07) is 3.99. The quantitative estimate of drug-likeness (QED) is 0.627. The van der Waals surface area contributed by atoms with Gasteiger partial charge in [-0.1, -0.05) is 25.4 Å². The molecule has 2 unspecified atom stereocenters. The summed E-state index contributed by atoms with van der Waals surface area (Å²) >= 11 is 5.94. The van der Waals surface area contributed by atoms with Crippen molar-refractivity contribution in [2.24, 2.45) is 0 Å². The highest BCUT2D eigenvalue weighted by atomic mass is 35.5. The molecule has 1 heterocycles. The van der Waals surface area contributed by atoms with Crippen LogP contribution in [0.15, 0.2) is 6.07 Å². The molecule has 3 heteroatoms. The van der Waals surface area contributed by atoms with E-state index in [1.54, 1.807) is 0 Å². The van der Waals surface area contributed by atoms with Gasteiger partial charge in [0.1, 0.15) is 11.2 Å². The van der Waals surface area contributed by atoms with Crippen LogP contribution in [0.2, 0.25) is 5.15 Å². The molecule has 78 valence electrons. The third-order valence-corrected chi connectivity index (χ3v) is 3.48. The molecular formula is C12H13ClN2. The Morgan fingerprint density at radius 2 is 2.07 bits per heavy atom. The summed E-state index contributed by atoms with van der Waals surface area (Å²) in [6.45, 7) is 4.35. The van der Waals surface area contributed by atoms with Gasteiger partial charge in [-0.05, 0) is 36.3 Å². The summed E-state index contributed by atoms with van der Waals surface area (Å²) in [6.07, 6.45) is 2.33. The third kappa shape index (κ3) is 1.72. The van der Waals surface area contributed by atoms with E-state index in [9.17, 15) is 0 Å². The van der Waals surface area contributed by atoms with E-state index in [-0.39, 0.29) is 0 Å². The van der Waals surface area contributed by atoms with Crippen LogP contribution in [0.25, 0.3) is 0 Å². The van der Waals surface area contributed by atoms with Crippen molar-refractivity contribution in [3.05, 3.63) is 28.0 Å². The van der Waals surface area contributed by atoms with E-state index in [1.165, 1.54) is 12.0 Å². The zero-order valence-corrected chi connectivity index (χ0v) is 9.67. The molecule has 15 heavy (non-hydrogen) atoms. The highest BCUT2D eigenvalue weighted by molar-refractivity contribution is 6.30. The van der Waals surface area contributed by atoms with Crippen molar-refractivity contribution < 1.29 is 0 Å². The number of aromatic nitrogens is 1. The van der Waals surface area contributed by atoms with Crippen molar-refractivity contribution in [1.82, 2.24) is 4.98 Å². The Kier molecular flexibility index (Phi) is 2.67. The molecular weight excluding hydrogens is 208 g/mol. The Morgan fingerprint density at radius 3 is 2.73 bits per heavy atom. The number of nitriles is 1. The van der Waals surface area contributed by atoms with E-state index in [1.807, 2.05) is 6.07 Å². The molecule has 0 spiro atoms. The Balaban J connectivity index is 2.60. The summed E-state index contributed by atoms with van der Waals surface area (Å²) in [7, 11) is 0. The first-order chi connectivity index (χ1) is 7.13. The summed E-state index contributed by atoms with van der Waals surface area (Å²) in [5.41, 5.74) is 2.78. The highest BCUT2D eigenvalue weighted by Gasteiger charge is 2.24. The summed E-state index contributed by atoms with van der Waals surface area (Å²) in [4.78, 5) is 4.36. The smallest absolute Gasteiger partial charge is 0.147 e. The zero-order valence-electron chi connectivity index (χ0n) is 8.92. The van der Waals surface area contributed by atoms with Crippen molar-refractivity contribution in [2.75, 3.05) is 0 Å². The monoisotopic (exact) mass is 220 g/mol. The highest BCUT2D eigenvalue weighted by Crippen LogP contribution is 2.38. The first-order valence-corrected chi connectivity index (χ1v) is 5.61. The molecule has 1 aliphatic rings. The molecule has 0 N–H and O–H groups in total. The van der Waals surface area contributed by atoms with Gasteiger partial charge < -0.3 is 0 Å². The SMILES string of the molecule is CC1CCC(C)c2nc(Cl)c(C#N)cc21. The van der Waals surface area contributed by atoms with Crippen molar-refractivity contribution >= 4 is 11.6 Å². The lowest BCUT2D eigenvalue weighted by Crippen LogP contribution is -2.13. The molecule has 0 saturated heterocycles. The molecule has 0 aliphatic heterocycles. The lowest BCUT2D eigenvalue weighted by molar-refractivity contribution is 0.514. The largest absolute Gasteiger partial charge is 0.239 e. The fraction of sp³-hybridized carbons (Fsp3) is 0.500. The zero-order chi connectivity index (χ0) is 11.0. The maximum absolute atomic E-state index is 8.90. The first kappa shape index (κ1) is 10.4. The Hall–Kier alpha value is -1.07. The first-order valence-electron chi connectivity index (χ1n) is 5.24. The van der Waals surface area contributed by atoms with Crippen LogP contribution in [0.3, 0.4) is 0 Å². The molecule has 0 aromatic carbocycles. The summed E-state index contributed by atoms with van der Waals surface area (Å²) in [5.74, 6) is 0.953. The van der Waals surface area contributed by atoms with Gasteiger partial charge >= 0.3 is 0 Å². The van der Waals surface area contributed by atoms with Gasteiger partial charge in [0.05, 0.1) is 5.56 Å². The average Bonchev–Trinajstić information content (AvgIpc) is 2.23. The van der Waals surface area contributed by atoms with Gasteiger partial charge in [0.15, 0.2) is 0 Å². The fourth-order valence-electron chi connectivity index (χ4n) is 2.18. The van der Waals surface area contributed by atoms with Crippen LogP contribution >= 0.6 is 11.6 Å². The Labute approximate surface area is 94.9 Å². The average molecular weight is 221 g/mol. The van der Waals surface area contributed by atoms with Gasteiger partial charge in [0.25, 0.3) is 0 Å². The van der Waals surface area contributed by atoms with Crippen molar-refractivity contribution in [3.8, 4) is 6.07 Å². The van der Waals surface area contributed by atoms with Crippen LogP contribution in [0, 0.1) is 11.3 Å². The molecule has 0 amide bonds. The number of nitrogens with zero attached hydrogens (tertiary/aromatic N) is 2. The van der Waals surface area contributed by atoms with Crippen molar-refractivity contribution in [3.63, 3.8) is 0 Å². The van der Waals surface area contributed by atoms with Crippen molar-refractivity contribution in [1.29, 1.82) is 5.26 Å². The third-order valence-electron chi connectivity index (χ3n) is 3.19. The van der Waals surface area contributed by atoms with E-state index >= 15 is 0 Å². The Morgan fingerprint density at radius 1 is 1.40 bits per heavy atom. The normalized spacial score (nSPS) is 24.4. The minimum absolute atomic E-state index is 0.345.